The number of aromatic nitrogens is 1. The van der Waals surface area contributed by atoms with Gasteiger partial charge in [-0.3, -0.25) is 4.79 Å². The molecule has 3 rings (SSSR count). The Hall–Kier alpha value is -4.06. The molecular weight excluding hydrogens is 505 g/mol. The lowest BCUT2D eigenvalue weighted by atomic mass is 10.0. The molecule has 2 aromatic carbocycles. The van der Waals surface area contributed by atoms with Crippen LogP contribution >= 0.6 is 11.6 Å². The van der Waals surface area contributed by atoms with Gasteiger partial charge in [0.1, 0.15) is 11.7 Å². The molecule has 0 spiro atoms. The number of carbonyl (C=O) groups excluding carboxylic acids is 2. The molecule has 36 heavy (non-hydrogen) atoms. The van der Waals surface area contributed by atoms with Crippen LogP contribution in [0, 0.1) is 5.92 Å². The number of carboxylic acid groups (broad SMARTS) is 1. The first-order valence-corrected chi connectivity index (χ1v) is 10.8. The van der Waals surface area contributed by atoms with E-state index in [4.69, 9.17) is 16.1 Å². The first kappa shape index (κ1) is 26.5. The third-order valence-electron chi connectivity index (χ3n) is 4.93. The number of halogens is 4. The number of anilines is 2. The van der Waals surface area contributed by atoms with E-state index in [1.54, 1.807) is 26.0 Å². The lowest BCUT2D eigenvalue weighted by molar-refractivity contribution is -0.140. The minimum absolute atomic E-state index is 0.0672. The number of benzene rings is 2. The number of amides is 3. The van der Waals surface area contributed by atoms with Crippen molar-refractivity contribution < 1.29 is 37.2 Å². The van der Waals surface area contributed by atoms with Crippen LogP contribution in [0.25, 0.3) is 11.3 Å². The van der Waals surface area contributed by atoms with Gasteiger partial charge in [0, 0.05) is 17.3 Å². The summed E-state index contributed by atoms with van der Waals surface area (Å²) in [5.74, 6) is -2.45. The molecule has 1 heterocycles. The average molecular weight is 525 g/mol. The van der Waals surface area contributed by atoms with Crippen LogP contribution in [0.4, 0.5) is 29.3 Å². The second-order valence-corrected chi connectivity index (χ2v) is 8.37. The molecule has 0 aliphatic rings. The number of aliphatic carboxylic acids is 1. The largest absolute Gasteiger partial charge is 0.480 e. The molecule has 0 saturated carbocycles. The monoisotopic (exact) mass is 524 g/mol. The van der Waals surface area contributed by atoms with Gasteiger partial charge < -0.3 is 25.6 Å². The molecule has 0 fully saturated rings. The zero-order valence-electron chi connectivity index (χ0n) is 18.8. The van der Waals surface area contributed by atoms with Gasteiger partial charge in [0.25, 0.3) is 5.91 Å². The van der Waals surface area contributed by atoms with Crippen molar-refractivity contribution in [3.05, 3.63) is 64.9 Å². The summed E-state index contributed by atoms with van der Waals surface area (Å²) < 4.78 is 43.7. The lowest BCUT2D eigenvalue weighted by Crippen LogP contribution is -2.44. The number of alkyl halides is 3. The second kappa shape index (κ2) is 10.7. The molecule has 0 radical (unpaired) electrons. The van der Waals surface area contributed by atoms with E-state index in [1.807, 2.05) is 0 Å². The van der Waals surface area contributed by atoms with Crippen LogP contribution in [-0.4, -0.2) is 34.2 Å². The number of urea groups is 1. The molecule has 0 aliphatic carbocycles. The van der Waals surface area contributed by atoms with E-state index in [-0.39, 0.29) is 28.1 Å². The fourth-order valence-electron chi connectivity index (χ4n) is 3.05. The molecule has 13 heteroatoms. The van der Waals surface area contributed by atoms with E-state index in [0.717, 1.165) is 18.2 Å². The van der Waals surface area contributed by atoms with Crippen LogP contribution in [0.2, 0.25) is 5.02 Å². The summed E-state index contributed by atoms with van der Waals surface area (Å²) in [7, 11) is 0. The summed E-state index contributed by atoms with van der Waals surface area (Å²) in [6, 6.07) is 8.08. The van der Waals surface area contributed by atoms with E-state index >= 15 is 0 Å². The van der Waals surface area contributed by atoms with Crippen molar-refractivity contribution in [2.24, 2.45) is 5.92 Å². The summed E-state index contributed by atoms with van der Waals surface area (Å²) in [6.45, 7) is 3.30. The minimum Gasteiger partial charge on any atom is -0.480 e. The second-order valence-electron chi connectivity index (χ2n) is 7.96. The minimum atomic E-state index is -4.60. The van der Waals surface area contributed by atoms with Gasteiger partial charge in [-0.2, -0.15) is 13.2 Å². The van der Waals surface area contributed by atoms with Crippen molar-refractivity contribution in [2.75, 3.05) is 10.6 Å². The summed E-state index contributed by atoms with van der Waals surface area (Å²) in [6.07, 6.45) is -4.60. The standard InChI is InChI=1S/C23H20ClF3N4O5/c1-11(2)19(21(33)34)30-20(32)18-10-16(31-36-18)12-3-6-14(7-4-12)28-22(35)29-17-9-13(23(25,26)27)5-8-15(17)24/h3-11,19H,1-2H3,(H,30,32)(H,33,34)(H2,28,29,35)/t19-/m0/s1. The number of hydrogen-bond donors (Lipinski definition) is 4. The van der Waals surface area contributed by atoms with Crippen molar-refractivity contribution in [1.29, 1.82) is 0 Å². The highest BCUT2D eigenvalue weighted by atomic mass is 35.5. The van der Waals surface area contributed by atoms with Gasteiger partial charge in [0.2, 0.25) is 5.76 Å². The van der Waals surface area contributed by atoms with Crippen LogP contribution in [0.5, 0.6) is 0 Å². The predicted molar refractivity (Wildman–Crippen MR) is 125 cm³/mol. The van der Waals surface area contributed by atoms with E-state index in [9.17, 15) is 32.7 Å². The maximum absolute atomic E-state index is 12.9. The van der Waals surface area contributed by atoms with E-state index in [2.05, 4.69) is 21.1 Å². The average Bonchev–Trinajstić information content (AvgIpc) is 3.28. The Morgan fingerprint density at radius 3 is 2.28 bits per heavy atom. The molecule has 0 bridgehead atoms. The molecular formula is C23H20ClF3N4O5. The summed E-state index contributed by atoms with van der Waals surface area (Å²) in [4.78, 5) is 35.8. The Morgan fingerprint density at radius 1 is 1.03 bits per heavy atom. The Labute approximate surface area is 207 Å². The smallest absolute Gasteiger partial charge is 0.416 e. The summed E-state index contributed by atoms with van der Waals surface area (Å²) in [5.41, 5.74) is -0.0692. The van der Waals surface area contributed by atoms with E-state index in [0.29, 0.717) is 11.3 Å². The highest BCUT2D eigenvalue weighted by Gasteiger charge is 2.31. The Kier molecular flexibility index (Phi) is 7.88. The van der Waals surface area contributed by atoms with E-state index < -0.39 is 35.7 Å². The van der Waals surface area contributed by atoms with Crippen molar-refractivity contribution in [1.82, 2.24) is 10.5 Å². The Morgan fingerprint density at radius 2 is 1.69 bits per heavy atom. The van der Waals surface area contributed by atoms with Crippen LogP contribution in [-0.2, 0) is 11.0 Å². The lowest BCUT2D eigenvalue weighted by Gasteiger charge is -2.16. The van der Waals surface area contributed by atoms with Crippen LogP contribution in [0.15, 0.2) is 53.1 Å². The van der Waals surface area contributed by atoms with Gasteiger partial charge in [-0.15, -0.1) is 0 Å². The highest BCUT2D eigenvalue weighted by molar-refractivity contribution is 6.33. The van der Waals surface area contributed by atoms with Gasteiger partial charge in [-0.1, -0.05) is 42.7 Å². The highest BCUT2D eigenvalue weighted by Crippen LogP contribution is 2.34. The van der Waals surface area contributed by atoms with Crippen LogP contribution in [0.3, 0.4) is 0 Å². The predicted octanol–water partition coefficient (Wildman–Crippen LogP) is 5.50. The summed E-state index contributed by atoms with van der Waals surface area (Å²) >= 11 is 5.88. The molecule has 0 aliphatic heterocycles. The van der Waals surface area contributed by atoms with E-state index in [1.165, 1.54) is 18.2 Å². The van der Waals surface area contributed by atoms with Gasteiger partial charge in [-0.25, -0.2) is 9.59 Å². The van der Waals surface area contributed by atoms with Crippen molar-refractivity contribution in [3.8, 4) is 11.3 Å². The number of hydrogen-bond acceptors (Lipinski definition) is 5. The third-order valence-corrected chi connectivity index (χ3v) is 5.26. The molecule has 3 aromatic rings. The maximum Gasteiger partial charge on any atom is 0.416 e. The maximum atomic E-state index is 12.9. The zero-order valence-corrected chi connectivity index (χ0v) is 19.6. The topological polar surface area (TPSA) is 134 Å². The first-order chi connectivity index (χ1) is 16.8. The SMILES string of the molecule is CC(C)[C@H](NC(=O)c1cc(-c2ccc(NC(=O)Nc3cc(C(F)(F)F)ccc3Cl)cc2)no1)C(=O)O. The molecule has 9 nitrogen and oxygen atoms in total. The zero-order chi connectivity index (χ0) is 26.6. The molecule has 4 N–H and O–H groups in total. The van der Waals surface area contributed by atoms with Gasteiger partial charge in [0.05, 0.1) is 16.3 Å². The summed E-state index contributed by atoms with van der Waals surface area (Å²) in [5, 5.41) is 20.0. The molecule has 0 unspecified atom stereocenters. The quantitative estimate of drug-likeness (QED) is 0.322. The molecule has 1 aromatic heterocycles. The van der Waals surface area contributed by atoms with Crippen molar-refractivity contribution in [2.45, 2.75) is 26.1 Å². The number of rotatable bonds is 7. The van der Waals surface area contributed by atoms with Gasteiger partial charge in [0.15, 0.2) is 0 Å². The number of carboxylic acids is 1. The molecule has 0 saturated heterocycles. The molecule has 190 valence electrons. The first-order valence-electron chi connectivity index (χ1n) is 10.4. The van der Waals surface area contributed by atoms with Crippen molar-refractivity contribution in [3.63, 3.8) is 0 Å². The van der Waals surface area contributed by atoms with Crippen LogP contribution < -0.4 is 16.0 Å². The Balaban J connectivity index is 1.65. The molecule has 1 atom stereocenters. The van der Waals surface area contributed by atoms with Gasteiger partial charge >= 0.3 is 18.2 Å². The normalized spacial score (nSPS) is 12.2. The van der Waals surface area contributed by atoms with Crippen molar-refractivity contribution >= 4 is 40.9 Å². The molecule has 3 amide bonds. The number of carbonyl (C=O) groups is 3. The van der Waals surface area contributed by atoms with Crippen LogP contribution in [0.1, 0.15) is 30.0 Å². The number of nitrogens with zero attached hydrogens (tertiary/aromatic N) is 1. The van der Waals surface area contributed by atoms with Gasteiger partial charge in [-0.05, 0) is 36.2 Å². The fourth-order valence-corrected chi connectivity index (χ4v) is 3.22. The Bertz CT molecular complexity index is 1280. The number of nitrogens with one attached hydrogen (secondary N) is 3. The fraction of sp³-hybridized carbons (Fsp3) is 0.217. The third kappa shape index (κ3) is 6.54.